The van der Waals surface area contributed by atoms with Gasteiger partial charge in [0.2, 0.25) is 11.7 Å². The molecule has 22 heavy (non-hydrogen) atoms. The zero-order valence-electron chi connectivity index (χ0n) is 12.3. The second kappa shape index (κ2) is 6.79. The number of carboxylic acids is 1. The fourth-order valence-corrected chi connectivity index (χ4v) is 1.87. The van der Waals surface area contributed by atoms with Gasteiger partial charge in [-0.25, -0.2) is 4.79 Å². The molecule has 2 rings (SSSR count). The van der Waals surface area contributed by atoms with Gasteiger partial charge < -0.3 is 10.4 Å². The first kappa shape index (κ1) is 15.6. The van der Waals surface area contributed by atoms with E-state index in [2.05, 4.69) is 20.7 Å². The molecule has 0 unspecified atom stereocenters. The zero-order valence-corrected chi connectivity index (χ0v) is 12.3. The van der Waals surface area contributed by atoms with E-state index < -0.39 is 17.9 Å². The van der Waals surface area contributed by atoms with E-state index in [1.807, 2.05) is 30.3 Å². The molecule has 0 bridgehead atoms. The summed E-state index contributed by atoms with van der Waals surface area (Å²) in [6.45, 7) is 3.26. The number of hydrogen-bond donors (Lipinski definition) is 2. The molecule has 116 valence electrons. The Morgan fingerprint density at radius 1 is 1.27 bits per heavy atom. The Morgan fingerprint density at radius 3 is 2.55 bits per heavy atom. The lowest BCUT2D eigenvalue weighted by Crippen LogP contribution is -2.45. The molecule has 0 saturated carbocycles. The third kappa shape index (κ3) is 3.87. The van der Waals surface area contributed by atoms with Gasteiger partial charge in [-0.3, -0.25) is 4.79 Å². The predicted octanol–water partition coefficient (Wildman–Crippen LogP) is 0.565. The van der Waals surface area contributed by atoms with Crippen molar-refractivity contribution in [1.82, 2.24) is 25.5 Å². The number of benzene rings is 1. The molecular weight excluding hydrogens is 286 g/mol. The number of hydrogen-bond acceptors (Lipinski definition) is 5. The van der Waals surface area contributed by atoms with Gasteiger partial charge in [0.15, 0.2) is 0 Å². The Labute approximate surface area is 127 Å². The smallest absolute Gasteiger partial charge is 0.326 e. The van der Waals surface area contributed by atoms with Crippen LogP contribution in [0, 0.1) is 5.92 Å². The number of carboxylic acid groups (broad SMARTS) is 1. The van der Waals surface area contributed by atoms with E-state index in [1.54, 1.807) is 13.8 Å². The van der Waals surface area contributed by atoms with Gasteiger partial charge in [-0.15, -0.1) is 10.2 Å². The van der Waals surface area contributed by atoms with E-state index in [4.69, 9.17) is 5.11 Å². The first-order chi connectivity index (χ1) is 10.5. The minimum atomic E-state index is -1.07. The van der Waals surface area contributed by atoms with Crippen LogP contribution in [0.3, 0.4) is 0 Å². The maximum Gasteiger partial charge on any atom is 0.326 e. The number of nitrogens with zero attached hydrogens (tertiary/aromatic N) is 4. The van der Waals surface area contributed by atoms with E-state index >= 15 is 0 Å². The SMILES string of the molecule is CC(C)[C@H](NC(=O)Cn1nnc(-c2ccccc2)n1)C(=O)O. The lowest BCUT2D eigenvalue weighted by atomic mass is 10.1. The van der Waals surface area contributed by atoms with Gasteiger partial charge in [-0.05, 0) is 11.1 Å². The molecule has 2 aromatic rings. The number of aliphatic carboxylic acids is 1. The summed E-state index contributed by atoms with van der Waals surface area (Å²) < 4.78 is 0. The quantitative estimate of drug-likeness (QED) is 0.807. The highest BCUT2D eigenvalue weighted by atomic mass is 16.4. The topological polar surface area (TPSA) is 110 Å². The third-order valence-electron chi connectivity index (χ3n) is 3.02. The molecule has 8 nitrogen and oxygen atoms in total. The molecule has 0 aliphatic carbocycles. The van der Waals surface area contributed by atoms with Crippen LogP contribution >= 0.6 is 0 Å². The van der Waals surface area contributed by atoms with Gasteiger partial charge in [0, 0.05) is 5.56 Å². The molecule has 0 spiro atoms. The highest BCUT2D eigenvalue weighted by Crippen LogP contribution is 2.11. The Morgan fingerprint density at radius 2 is 1.95 bits per heavy atom. The highest BCUT2D eigenvalue weighted by Gasteiger charge is 2.23. The third-order valence-corrected chi connectivity index (χ3v) is 3.02. The van der Waals surface area contributed by atoms with E-state index in [9.17, 15) is 9.59 Å². The van der Waals surface area contributed by atoms with Gasteiger partial charge in [0.25, 0.3) is 0 Å². The van der Waals surface area contributed by atoms with Crippen molar-refractivity contribution >= 4 is 11.9 Å². The predicted molar refractivity (Wildman–Crippen MR) is 77.7 cm³/mol. The van der Waals surface area contributed by atoms with Crippen molar-refractivity contribution < 1.29 is 14.7 Å². The summed E-state index contributed by atoms with van der Waals surface area (Å²) in [7, 11) is 0. The number of amides is 1. The molecule has 0 saturated heterocycles. The summed E-state index contributed by atoms with van der Waals surface area (Å²) in [5.41, 5.74) is 0.791. The van der Waals surface area contributed by atoms with Crippen LogP contribution in [0.2, 0.25) is 0 Å². The van der Waals surface area contributed by atoms with Crippen molar-refractivity contribution in [3.63, 3.8) is 0 Å². The Bertz CT molecular complexity index is 654. The minimum absolute atomic E-state index is 0.184. The molecule has 1 aromatic heterocycles. The Balaban J connectivity index is 2.01. The second-order valence-corrected chi connectivity index (χ2v) is 5.14. The summed E-state index contributed by atoms with van der Waals surface area (Å²) in [5, 5.41) is 23.3. The fraction of sp³-hybridized carbons (Fsp3) is 0.357. The van der Waals surface area contributed by atoms with Crippen LogP contribution < -0.4 is 5.32 Å². The van der Waals surface area contributed by atoms with Crippen molar-refractivity contribution in [2.24, 2.45) is 5.92 Å². The zero-order chi connectivity index (χ0) is 16.1. The summed E-state index contributed by atoms with van der Waals surface area (Å²) in [4.78, 5) is 24.1. The van der Waals surface area contributed by atoms with E-state index in [1.165, 1.54) is 0 Å². The Kier molecular flexibility index (Phi) is 4.82. The summed E-state index contributed by atoms with van der Waals surface area (Å²) >= 11 is 0. The summed E-state index contributed by atoms with van der Waals surface area (Å²) in [6, 6.07) is 8.30. The van der Waals surface area contributed by atoms with Gasteiger partial charge in [0.05, 0.1) is 0 Å². The average Bonchev–Trinajstić information content (AvgIpc) is 2.93. The van der Waals surface area contributed by atoms with Crippen LogP contribution in [-0.2, 0) is 16.1 Å². The fourth-order valence-electron chi connectivity index (χ4n) is 1.87. The highest BCUT2D eigenvalue weighted by molar-refractivity contribution is 5.83. The molecular formula is C14H17N5O3. The van der Waals surface area contributed by atoms with Crippen LogP contribution in [0.15, 0.2) is 30.3 Å². The van der Waals surface area contributed by atoms with E-state index in [0.29, 0.717) is 5.82 Å². The van der Waals surface area contributed by atoms with Gasteiger partial charge >= 0.3 is 5.97 Å². The minimum Gasteiger partial charge on any atom is -0.480 e. The first-order valence-corrected chi connectivity index (χ1v) is 6.82. The van der Waals surface area contributed by atoms with Crippen LogP contribution in [0.25, 0.3) is 11.4 Å². The van der Waals surface area contributed by atoms with Crippen LogP contribution in [0.4, 0.5) is 0 Å². The molecule has 8 heteroatoms. The molecule has 1 aromatic carbocycles. The normalized spacial score (nSPS) is 12.1. The van der Waals surface area contributed by atoms with Crippen LogP contribution in [-0.4, -0.2) is 43.2 Å². The molecule has 0 fully saturated rings. The van der Waals surface area contributed by atoms with Crippen molar-refractivity contribution in [2.45, 2.75) is 26.4 Å². The van der Waals surface area contributed by atoms with Crippen LogP contribution in [0.1, 0.15) is 13.8 Å². The second-order valence-electron chi connectivity index (χ2n) is 5.14. The average molecular weight is 303 g/mol. The van der Waals surface area contributed by atoms with Crippen molar-refractivity contribution in [1.29, 1.82) is 0 Å². The maximum absolute atomic E-state index is 11.9. The molecule has 0 radical (unpaired) electrons. The number of carbonyl (C=O) groups excluding carboxylic acids is 1. The lowest BCUT2D eigenvalue weighted by molar-refractivity contribution is -0.143. The van der Waals surface area contributed by atoms with Crippen molar-refractivity contribution in [2.75, 3.05) is 0 Å². The van der Waals surface area contributed by atoms with Gasteiger partial charge in [-0.1, -0.05) is 44.2 Å². The molecule has 0 aliphatic rings. The molecule has 1 atom stereocenters. The summed E-state index contributed by atoms with van der Waals surface area (Å²) in [5.74, 6) is -1.35. The van der Waals surface area contributed by atoms with Crippen molar-refractivity contribution in [3.8, 4) is 11.4 Å². The first-order valence-electron chi connectivity index (χ1n) is 6.82. The Hall–Kier alpha value is -2.77. The standard InChI is InChI=1S/C14H17N5O3/c1-9(2)12(14(21)22)15-11(20)8-19-17-13(16-18-19)10-6-4-3-5-7-10/h3-7,9,12H,8H2,1-2H3,(H,15,20)(H,21,22)/t12-/m0/s1. The maximum atomic E-state index is 11.9. The molecule has 1 heterocycles. The van der Waals surface area contributed by atoms with Gasteiger partial charge in [0.1, 0.15) is 12.6 Å². The number of tetrazole rings is 1. The molecule has 0 aliphatic heterocycles. The number of rotatable bonds is 6. The molecule has 1 amide bonds. The van der Waals surface area contributed by atoms with E-state index in [0.717, 1.165) is 10.4 Å². The van der Waals surface area contributed by atoms with E-state index in [-0.39, 0.29) is 12.5 Å². The number of nitrogens with one attached hydrogen (secondary N) is 1. The number of aromatic nitrogens is 4. The lowest BCUT2D eigenvalue weighted by Gasteiger charge is -2.17. The van der Waals surface area contributed by atoms with Crippen LogP contribution in [0.5, 0.6) is 0 Å². The molecule has 2 N–H and O–H groups in total. The summed E-state index contributed by atoms with van der Waals surface area (Å²) in [6.07, 6.45) is 0. The van der Waals surface area contributed by atoms with Gasteiger partial charge in [-0.2, -0.15) is 4.80 Å². The number of carbonyl (C=O) groups is 2. The largest absolute Gasteiger partial charge is 0.480 e. The monoisotopic (exact) mass is 303 g/mol. The van der Waals surface area contributed by atoms with Crippen molar-refractivity contribution in [3.05, 3.63) is 30.3 Å².